The predicted octanol–water partition coefficient (Wildman–Crippen LogP) is 4.84. The Morgan fingerprint density at radius 3 is 2.47 bits per heavy atom. The highest BCUT2D eigenvalue weighted by molar-refractivity contribution is 5.90. The van der Waals surface area contributed by atoms with Gasteiger partial charge >= 0.3 is 6.03 Å². The standard InChI is InChI=1S/C24H25N5O/c1-17(2)22(23-28-27-21-14-8-9-15-29(21)23)26-24(30)25-20-13-7-6-12-19(20)16-18-10-4-3-5-11-18/h3-15,17,22H,16H2,1-2H3,(H2,25,26,30). The van der Waals surface area contributed by atoms with Gasteiger partial charge in [0.25, 0.3) is 0 Å². The Morgan fingerprint density at radius 2 is 1.67 bits per heavy atom. The number of benzene rings is 2. The second-order valence-corrected chi connectivity index (χ2v) is 7.63. The first-order chi connectivity index (χ1) is 14.6. The molecule has 0 spiro atoms. The maximum atomic E-state index is 12.9. The highest BCUT2D eigenvalue weighted by Gasteiger charge is 2.23. The van der Waals surface area contributed by atoms with Gasteiger partial charge in [-0.2, -0.15) is 0 Å². The lowest BCUT2D eigenvalue weighted by Crippen LogP contribution is -2.36. The van der Waals surface area contributed by atoms with Crippen molar-refractivity contribution >= 4 is 17.4 Å². The van der Waals surface area contributed by atoms with Crippen LogP contribution in [0.25, 0.3) is 5.65 Å². The minimum Gasteiger partial charge on any atom is -0.328 e. The van der Waals surface area contributed by atoms with Crippen LogP contribution in [0.3, 0.4) is 0 Å². The molecule has 1 atom stereocenters. The molecule has 0 aliphatic rings. The van der Waals surface area contributed by atoms with E-state index in [1.165, 1.54) is 5.56 Å². The first kappa shape index (κ1) is 19.6. The van der Waals surface area contributed by atoms with E-state index in [-0.39, 0.29) is 18.0 Å². The van der Waals surface area contributed by atoms with Crippen LogP contribution >= 0.6 is 0 Å². The average Bonchev–Trinajstić information content (AvgIpc) is 3.18. The van der Waals surface area contributed by atoms with Crippen LogP contribution in [-0.4, -0.2) is 20.6 Å². The average molecular weight is 399 g/mol. The van der Waals surface area contributed by atoms with E-state index in [9.17, 15) is 4.79 Å². The summed E-state index contributed by atoms with van der Waals surface area (Å²) in [6.07, 6.45) is 2.66. The Morgan fingerprint density at radius 1 is 0.933 bits per heavy atom. The van der Waals surface area contributed by atoms with E-state index in [1.807, 2.05) is 71.3 Å². The zero-order valence-electron chi connectivity index (χ0n) is 17.1. The van der Waals surface area contributed by atoms with E-state index in [1.54, 1.807) is 0 Å². The SMILES string of the molecule is CC(C)C(NC(=O)Nc1ccccc1Cc1ccccc1)c1nnc2ccccn12. The number of urea groups is 1. The van der Waals surface area contributed by atoms with E-state index in [2.05, 4.69) is 46.8 Å². The highest BCUT2D eigenvalue weighted by atomic mass is 16.2. The molecular weight excluding hydrogens is 374 g/mol. The van der Waals surface area contributed by atoms with Crippen molar-refractivity contribution in [2.75, 3.05) is 5.32 Å². The lowest BCUT2D eigenvalue weighted by molar-refractivity contribution is 0.243. The molecule has 1 unspecified atom stereocenters. The molecule has 6 nitrogen and oxygen atoms in total. The van der Waals surface area contributed by atoms with Gasteiger partial charge in [0.05, 0.1) is 6.04 Å². The Labute approximate surface area is 176 Å². The summed E-state index contributed by atoms with van der Waals surface area (Å²) in [6.45, 7) is 4.11. The summed E-state index contributed by atoms with van der Waals surface area (Å²) in [5.74, 6) is 0.858. The quantitative estimate of drug-likeness (QED) is 0.487. The van der Waals surface area contributed by atoms with Gasteiger partial charge in [-0.05, 0) is 41.7 Å². The van der Waals surface area contributed by atoms with Crippen LogP contribution in [0, 0.1) is 5.92 Å². The maximum Gasteiger partial charge on any atom is 0.319 e. The van der Waals surface area contributed by atoms with E-state index in [0.717, 1.165) is 23.3 Å². The third-order valence-corrected chi connectivity index (χ3v) is 5.07. The smallest absolute Gasteiger partial charge is 0.319 e. The molecule has 152 valence electrons. The second kappa shape index (κ2) is 8.78. The highest BCUT2D eigenvalue weighted by Crippen LogP contribution is 2.22. The molecule has 2 amide bonds. The number of nitrogens with zero attached hydrogens (tertiary/aromatic N) is 3. The minimum atomic E-state index is -0.274. The van der Waals surface area contributed by atoms with E-state index < -0.39 is 0 Å². The Balaban J connectivity index is 1.52. The van der Waals surface area contributed by atoms with Crippen LogP contribution in [0.5, 0.6) is 0 Å². The van der Waals surface area contributed by atoms with Crippen molar-refractivity contribution in [3.05, 3.63) is 95.9 Å². The van der Waals surface area contributed by atoms with E-state index in [4.69, 9.17) is 0 Å². The number of hydrogen-bond donors (Lipinski definition) is 2. The van der Waals surface area contributed by atoms with Gasteiger partial charge in [-0.1, -0.05) is 68.4 Å². The second-order valence-electron chi connectivity index (χ2n) is 7.63. The monoisotopic (exact) mass is 399 g/mol. The molecule has 2 N–H and O–H groups in total. The Hall–Kier alpha value is -3.67. The topological polar surface area (TPSA) is 71.3 Å². The van der Waals surface area contributed by atoms with Crippen molar-refractivity contribution in [3.63, 3.8) is 0 Å². The fourth-order valence-electron chi connectivity index (χ4n) is 3.51. The number of para-hydroxylation sites is 1. The molecule has 0 bridgehead atoms. The minimum absolute atomic E-state index is 0.142. The number of aromatic nitrogens is 3. The van der Waals surface area contributed by atoms with Crippen LogP contribution in [0.1, 0.15) is 36.8 Å². The normalized spacial score (nSPS) is 12.1. The number of pyridine rings is 1. The number of carbonyl (C=O) groups excluding carboxylic acids is 1. The molecule has 4 aromatic rings. The van der Waals surface area contributed by atoms with Crippen LogP contribution in [0.4, 0.5) is 10.5 Å². The molecule has 2 aromatic heterocycles. The maximum absolute atomic E-state index is 12.9. The molecule has 30 heavy (non-hydrogen) atoms. The number of carbonyl (C=O) groups is 1. The van der Waals surface area contributed by atoms with Crippen molar-refractivity contribution in [2.45, 2.75) is 26.3 Å². The zero-order chi connectivity index (χ0) is 20.9. The molecule has 2 aromatic carbocycles. The van der Waals surface area contributed by atoms with Gasteiger partial charge in [0, 0.05) is 11.9 Å². The van der Waals surface area contributed by atoms with Crippen LogP contribution < -0.4 is 10.6 Å². The third-order valence-electron chi connectivity index (χ3n) is 5.07. The number of rotatable bonds is 6. The molecule has 0 radical (unpaired) electrons. The van der Waals surface area contributed by atoms with Gasteiger partial charge < -0.3 is 10.6 Å². The summed E-state index contributed by atoms with van der Waals surface area (Å²) in [4.78, 5) is 12.9. The summed E-state index contributed by atoms with van der Waals surface area (Å²) in [5.41, 5.74) is 3.82. The van der Waals surface area contributed by atoms with Crippen molar-refractivity contribution in [1.29, 1.82) is 0 Å². The summed E-state index contributed by atoms with van der Waals surface area (Å²) in [6, 6.07) is 23.3. The third kappa shape index (κ3) is 4.33. The molecule has 0 aliphatic heterocycles. The lowest BCUT2D eigenvalue weighted by Gasteiger charge is -2.21. The van der Waals surface area contributed by atoms with Gasteiger partial charge in [-0.25, -0.2) is 4.79 Å². The van der Waals surface area contributed by atoms with Gasteiger partial charge in [0.2, 0.25) is 0 Å². The number of nitrogens with one attached hydrogen (secondary N) is 2. The van der Waals surface area contributed by atoms with Crippen LogP contribution in [-0.2, 0) is 6.42 Å². The fourth-order valence-corrected chi connectivity index (χ4v) is 3.51. The Bertz CT molecular complexity index is 1140. The molecule has 0 saturated carbocycles. The molecule has 0 saturated heterocycles. The van der Waals surface area contributed by atoms with E-state index in [0.29, 0.717) is 5.82 Å². The van der Waals surface area contributed by atoms with Gasteiger partial charge in [-0.3, -0.25) is 4.40 Å². The molecule has 4 rings (SSSR count). The number of anilines is 1. The van der Waals surface area contributed by atoms with Gasteiger partial charge in [0.15, 0.2) is 11.5 Å². The summed E-state index contributed by atoms with van der Waals surface area (Å²) < 4.78 is 1.91. The molecule has 0 fully saturated rings. The molecule has 6 heteroatoms. The van der Waals surface area contributed by atoms with Gasteiger partial charge in [0.1, 0.15) is 0 Å². The largest absolute Gasteiger partial charge is 0.328 e. The van der Waals surface area contributed by atoms with Crippen molar-refractivity contribution in [1.82, 2.24) is 19.9 Å². The summed E-state index contributed by atoms with van der Waals surface area (Å²) in [7, 11) is 0. The number of fused-ring (bicyclic) bond motifs is 1. The van der Waals surface area contributed by atoms with Crippen molar-refractivity contribution in [2.24, 2.45) is 5.92 Å². The Kier molecular flexibility index (Phi) is 5.75. The first-order valence-electron chi connectivity index (χ1n) is 10.1. The van der Waals surface area contributed by atoms with Crippen molar-refractivity contribution < 1.29 is 4.79 Å². The predicted molar refractivity (Wildman–Crippen MR) is 118 cm³/mol. The van der Waals surface area contributed by atoms with Gasteiger partial charge in [-0.15, -0.1) is 10.2 Å². The summed E-state index contributed by atoms with van der Waals surface area (Å²) >= 11 is 0. The number of amides is 2. The van der Waals surface area contributed by atoms with Crippen LogP contribution in [0.15, 0.2) is 79.0 Å². The molecule has 2 heterocycles. The first-order valence-corrected chi connectivity index (χ1v) is 10.1. The van der Waals surface area contributed by atoms with Crippen molar-refractivity contribution in [3.8, 4) is 0 Å². The fraction of sp³-hybridized carbons (Fsp3) is 0.208. The van der Waals surface area contributed by atoms with Crippen LogP contribution in [0.2, 0.25) is 0 Å². The van der Waals surface area contributed by atoms with E-state index >= 15 is 0 Å². The molecule has 0 aliphatic carbocycles. The lowest BCUT2D eigenvalue weighted by atomic mass is 10.0. The zero-order valence-corrected chi connectivity index (χ0v) is 17.1. The summed E-state index contributed by atoms with van der Waals surface area (Å²) in [5, 5.41) is 14.6. The molecular formula is C24H25N5O. The number of hydrogen-bond acceptors (Lipinski definition) is 3.